The van der Waals surface area contributed by atoms with E-state index in [2.05, 4.69) is 30.7 Å². The highest BCUT2D eigenvalue weighted by molar-refractivity contribution is 5.95. The molecule has 1 rings (SSSR count). The summed E-state index contributed by atoms with van der Waals surface area (Å²) >= 11 is 0. The predicted molar refractivity (Wildman–Crippen MR) is 155 cm³/mol. The molecule has 4 nitrogen and oxygen atoms in total. The van der Waals surface area contributed by atoms with Crippen LogP contribution in [0.4, 0.5) is 0 Å². The maximum Gasteiger partial charge on any atom is 0.321 e. The van der Waals surface area contributed by atoms with Crippen molar-refractivity contribution < 1.29 is 14.3 Å². The minimum Gasteiger partial charge on any atom is -0.393 e. The largest absolute Gasteiger partial charge is 0.393 e. The Bertz CT molecular complexity index is 556. The number of carbonyl (C=O) groups is 2. The van der Waals surface area contributed by atoms with Gasteiger partial charge in [-0.3, -0.25) is 9.59 Å². The maximum absolute atomic E-state index is 11.1. The summed E-state index contributed by atoms with van der Waals surface area (Å²) in [7, 11) is 0. The van der Waals surface area contributed by atoms with Gasteiger partial charge in [-0.25, -0.2) is 0 Å². The molecule has 1 unspecified atom stereocenters. The molecule has 1 saturated heterocycles. The second-order valence-corrected chi connectivity index (χ2v) is 10.3. The molecule has 1 aliphatic rings. The minimum absolute atomic E-state index is 0.214. The number of ether oxygens (including phenoxy) is 1. The molecule has 0 spiro atoms. The quantitative estimate of drug-likeness (QED) is 0.0650. The average molecular weight is 506 g/mol. The second kappa shape index (κ2) is 28.2. The topological polar surface area (TPSA) is 69.4 Å². The first-order valence-electron chi connectivity index (χ1n) is 15.4. The summed E-state index contributed by atoms with van der Waals surface area (Å²) in [6, 6.07) is 0. The van der Waals surface area contributed by atoms with Crippen LogP contribution in [0.5, 0.6) is 0 Å². The first kappa shape index (κ1) is 34.6. The van der Waals surface area contributed by atoms with E-state index in [4.69, 9.17) is 5.73 Å². The highest BCUT2D eigenvalue weighted by atomic mass is 16.6. The van der Waals surface area contributed by atoms with Crippen LogP contribution < -0.4 is 5.73 Å². The molecule has 0 radical (unpaired) electrons. The fourth-order valence-corrected chi connectivity index (χ4v) is 4.33. The molecule has 0 aromatic rings. The average Bonchev–Trinajstić information content (AvgIpc) is 3.20. The Kier molecular flexibility index (Phi) is 27.0. The highest BCUT2D eigenvalue weighted by Crippen LogP contribution is 2.18. The fourth-order valence-electron chi connectivity index (χ4n) is 4.33. The van der Waals surface area contributed by atoms with Gasteiger partial charge in [-0.2, -0.15) is 0 Å². The van der Waals surface area contributed by atoms with Crippen molar-refractivity contribution in [1.82, 2.24) is 0 Å². The van der Waals surface area contributed by atoms with E-state index >= 15 is 0 Å². The SMILES string of the molecule is CCCCCCCC/C=C/C1CC(=O)OC1=O.CCCCCCCC/C=C/CCCCCCCCN. The predicted octanol–water partition coefficient (Wildman–Crippen LogP) is 9.37. The second-order valence-electron chi connectivity index (χ2n) is 10.3. The van der Waals surface area contributed by atoms with E-state index in [1.807, 2.05) is 12.2 Å². The van der Waals surface area contributed by atoms with Crippen LogP contribution in [-0.4, -0.2) is 18.5 Å². The van der Waals surface area contributed by atoms with Gasteiger partial charge in [0.15, 0.2) is 0 Å². The summed E-state index contributed by atoms with van der Waals surface area (Å²) in [6.45, 7) is 5.35. The number of allylic oxidation sites excluding steroid dienone is 3. The van der Waals surface area contributed by atoms with Gasteiger partial charge in [0.25, 0.3) is 0 Å². The van der Waals surface area contributed by atoms with Gasteiger partial charge in [-0.05, 0) is 51.5 Å². The molecule has 1 aliphatic heterocycles. The van der Waals surface area contributed by atoms with Crippen molar-refractivity contribution in [2.75, 3.05) is 6.54 Å². The van der Waals surface area contributed by atoms with Crippen molar-refractivity contribution in [2.45, 2.75) is 155 Å². The van der Waals surface area contributed by atoms with Gasteiger partial charge < -0.3 is 10.5 Å². The minimum atomic E-state index is -0.399. The van der Waals surface area contributed by atoms with Crippen LogP contribution in [0.3, 0.4) is 0 Å². The molecule has 1 atom stereocenters. The standard InChI is InChI=1S/C18H37N.C14H22O3/c1-2-3-4-5-6-7-8-9-10-11-12-13-14-15-16-17-18-19;1-2-3-4-5-6-7-8-9-10-12-11-13(15)17-14(12)16/h9-10H,2-8,11-19H2,1H3;9-10,12H,2-8,11H2,1H3/b2*10-9+. The Morgan fingerprint density at radius 2 is 1.06 bits per heavy atom. The van der Waals surface area contributed by atoms with Crippen LogP contribution in [-0.2, 0) is 14.3 Å². The van der Waals surface area contributed by atoms with E-state index < -0.39 is 11.9 Å². The first-order chi connectivity index (χ1) is 17.7. The van der Waals surface area contributed by atoms with Crippen molar-refractivity contribution in [3.05, 3.63) is 24.3 Å². The third-order valence-electron chi connectivity index (χ3n) is 6.71. The Hall–Kier alpha value is -1.42. The molecule has 0 saturated carbocycles. The molecule has 2 N–H and O–H groups in total. The Morgan fingerprint density at radius 3 is 1.47 bits per heavy atom. The van der Waals surface area contributed by atoms with E-state index in [-0.39, 0.29) is 12.3 Å². The first-order valence-corrected chi connectivity index (χ1v) is 15.4. The molecule has 4 heteroatoms. The van der Waals surface area contributed by atoms with Crippen LogP contribution in [0.2, 0.25) is 0 Å². The van der Waals surface area contributed by atoms with E-state index in [0.29, 0.717) is 0 Å². The van der Waals surface area contributed by atoms with Gasteiger partial charge in [0.1, 0.15) is 0 Å². The summed E-state index contributed by atoms with van der Waals surface area (Å²) in [4.78, 5) is 22.0. The number of rotatable bonds is 23. The summed E-state index contributed by atoms with van der Waals surface area (Å²) < 4.78 is 4.47. The summed E-state index contributed by atoms with van der Waals surface area (Å²) in [6.07, 6.45) is 36.5. The van der Waals surface area contributed by atoms with Gasteiger partial charge in [-0.1, -0.05) is 128 Å². The fraction of sp³-hybridized carbons (Fsp3) is 0.812. The van der Waals surface area contributed by atoms with Crippen molar-refractivity contribution in [1.29, 1.82) is 0 Å². The maximum atomic E-state index is 11.1. The van der Waals surface area contributed by atoms with Crippen LogP contribution >= 0.6 is 0 Å². The molecule has 0 aromatic heterocycles. The summed E-state index contributed by atoms with van der Waals surface area (Å²) in [5, 5.41) is 0. The van der Waals surface area contributed by atoms with Crippen molar-refractivity contribution in [3.8, 4) is 0 Å². The molecular weight excluding hydrogens is 446 g/mol. The zero-order valence-corrected chi connectivity index (χ0v) is 24.0. The normalized spacial score (nSPS) is 15.6. The third kappa shape index (κ3) is 24.3. The zero-order chi connectivity index (χ0) is 26.5. The van der Waals surface area contributed by atoms with E-state index in [1.54, 1.807) is 0 Å². The van der Waals surface area contributed by atoms with Crippen molar-refractivity contribution in [3.63, 3.8) is 0 Å². The molecule has 1 heterocycles. The van der Waals surface area contributed by atoms with Gasteiger partial charge in [0, 0.05) is 0 Å². The molecule has 1 fully saturated rings. The van der Waals surface area contributed by atoms with E-state index in [1.165, 1.54) is 122 Å². The molecule has 36 heavy (non-hydrogen) atoms. The van der Waals surface area contributed by atoms with Crippen LogP contribution in [0, 0.1) is 5.92 Å². The van der Waals surface area contributed by atoms with Crippen LogP contribution in [0.25, 0.3) is 0 Å². The van der Waals surface area contributed by atoms with E-state index in [0.717, 1.165) is 19.4 Å². The molecule has 210 valence electrons. The highest BCUT2D eigenvalue weighted by Gasteiger charge is 2.30. The summed E-state index contributed by atoms with van der Waals surface area (Å²) in [5.41, 5.74) is 5.47. The van der Waals surface area contributed by atoms with Gasteiger partial charge >= 0.3 is 11.9 Å². The third-order valence-corrected chi connectivity index (χ3v) is 6.71. The summed E-state index contributed by atoms with van der Waals surface area (Å²) in [5.74, 6) is -1.12. The smallest absolute Gasteiger partial charge is 0.321 e. The number of nitrogens with two attached hydrogens (primary N) is 1. The lowest BCUT2D eigenvalue weighted by Gasteiger charge is -1.99. The molecule has 0 bridgehead atoms. The molecule has 0 aliphatic carbocycles. The van der Waals surface area contributed by atoms with Gasteiger partial charge in [-0.15, -0.1) is 0 Å². The Morgan fingerprint density at radius 1 is 0.639 bits per heavy atom. The van der Waals surface area contributed by atoms with Crippen molar-refractivity contribution >= 4 is 11.9 Å². The lowest BCUT2D eigenvalue weighted by Crippen LogP contribution is -2.03. The monoisotopic (exact) mass is 505 g/mol. The van der Waals surface area contributed by atoms with Crippen molar-refractivity contribution in [2.24, 2.45) is 11.7 Å². The number of carbonyl (C=O) groups excluding carboxylic acids is 2. The number of unbranched alkanes of at least 4 members (excludes halogenated alkanes) is 18. The van der Waals surface area contributed by atoms with E-state index in [9.17, 15) is 9.59 Å². The number of cyclic esters (lactones) is 2. The number of hydrogen-bond acceptors (Lipinski definition) is 4. The zero-order valence-electron chi connectivity index (χ0n) is 24.0. The van der Waals surface area contributed by atoms with Crippen LogP contribution in [0.1, 0.15) is 155 Å². The number of hydrogen-bond donors (Lipinski definition) is 1. The Balaban J connectivity index is 0.000000684. The number of esters is 2. The lowest BCUT2D eigenvalue weighted by molar-refractivity contribution is -0.152. The molecule has 0 amide bonds. The van der Waals surface area contributed by atoms with Gasteiger partial charge in [0.2, 0.25) is 0 Å². The van der Waals surface area contributed by atoms with Crippen LogP contribution in [0.15, 0.2) is 24.3 Å². The van der Waals surface area contributed by atoms with Gasteiger partial charge in [0.05, 0.1) is 12.3 Å². The lowest BCUT2D eigenvalue weighted by atomic mass is 10.1. The Labute approximate surface area is 223 Å². The molecular formula is C32H59NO3. The molecule has 0 aromatic carbocycles.